The molecule has 0 radical (unpaired) electrons. The van der Waals surface area contributed by atoms with E-state index in [2.05, 4.69) is 25.3 Å². The first-order chi connectivity index (χ1) is 13.1. The largest absolute Gasteiger partial charge is 0.415 e. The van der Waals surface area contributed by atoms with Crippen molar-refractivity contribution in [2.24, 2.45) is 0 Å². The van der Waals surface area contributed by atoms with Crippen molar-refractivity contribution < 1.29 is 17.6 Å². The molecule has 0 N–H and O–H groups in total. The van der Waals surface area contributed by atoms with Gasteiger partial charge in [-0.1, -0.05) is 12.1 Å². The molecule has 0 fully saturated rings. The van der Waals surface area contributed by atoms with Crippen molar-refractivity contribution in [3.63, 3.8) is 0 Å². The third kappa shape index (κ3) is 3.54. The number of halogens is 3. The smallest absolute Gasteiger partial charge is 0.314 e. The molecule has 0 spiro atoms. The van der Waals surface area contributed by atoms with E-state index in [9.17, 15) is 13.2 Å². The second kappa shape index (κ2) is 6.98. The summed E-state index contributed by atoms with van der Waals surface area (Å²) in [5, 5.41) is 11.1. The Labute approximate surface area is 150 Å². The molecule has 3 heterocycles. The molecule has 136 valence electrons. The predicted octanol–water partition coefficient (Wildman–Crippen LogP) is 3.38. The molecule has 0 aliphatic heterocycles. The average molecular weight is 372 g/mol. The van der Waals surface area contributed by atoms with Crippen molar-refractivity contribution in [1.29, 1.82) is 0 Å². The Kier molecular flexibility index (Phi) is 4.37. The van der Waals surface area contributed by atoms with Crippen molar-refractivity contribution in [3.05, 3.63) is 72.0 Å². The van der Waals surface area contributed by atoms with Crippen LogP contribution >= 0.6 is 0 Å². The molecular weight excluding hydrogens is 361 g/mol. The zero-order chi connectivity index (χ0) is 18.8. The standard InChI is InChI=1S/C17H11F3N6O/c18-12-3-1-2-10(6-12)7-13-22-9-23-26(13)14-8-11(4-5-21-14)16-24-25-17(27-16)15(19)20/h1-6,8-9,15H,7H2. The van der Waals surface area contributed by atoms with Crippen LogP contribution in [0, 0.1) is 5.82 Å². The average Bonchev–Trinajstić information content (AvgIpc) is 3.31. The van der Waals surface area contributed by atoms with Crippen molar-refractivity contribution in [3.8, 4) is 17.3 Å². The first-order valence-electron chi connectivity index (χ1n) is 7.82. The zero-order valence-corrected chi connectivity index (χ0v) is 13.6. The Morgan fingerprint density at radius 1 is 1.07 bits per heavy atom. The minimum Gasteiger partial charge on any atom is -0.415 e. The molecule has 10 heteroatoms. The molecule has 3 aromatic heterocycles. The van der Waals surface area contributed by atoms with E-state index in [1.807, 2.05) is 0 Å². The van der Waals surface area contributed by atoms with Crippen LogP contribution in [-0.2, 0) is 6.42 Å². The molecule has 0 aliphatic rings. The number of pyridine rings is 1. The fourth-order valence-electron chi connectivity index (χ4n) is 2.51. The SMILES string of the molecule is Fc1cccc(Cc2ncnn2-c2cc(-c3nnc(C(F)F)o3)ccn2)c1. The highest BCUT2D eigenvalue weighted by Crippen LogP contribution is 2.24. The normalized spacial score (nSPS) is 11.3. The van der Waals surface area contributed by atoms with Crippen LogP contribution < -0.4 is 0 Å². The first kappa shape index (κ1) is 16.9. The highest BCUT2D eigenvalue weighted by Gasteiger charge is 2.18. The molecule has 4 aromatic rings. The van der Waals surface area contributed by atoms with Gasteiger partial charge in [0.25, 0.3) is 5.89 Å². The van der Waals surface area contributed by atoms with Gasteiger partial charge in [0.15, 0.2) is 5.82 Å². The highest BCUT2D eigenvalue weighted by molar-refractivity contribution is 5.54. The molecule has 0 aliphatic carbocycles. The van der Waals surface area contributed by atoms with Crippen LogP contribution in [0.25, 0.3) is 17.3 Å². The Morgan fingerprint density at radius 3 is 2.74 bits per heavy atom. The van der Waals surface area contributed by atoms with Gasteiger partial charge in [-0.25, -0.2) is 14.4 Å². The Morgan fingerprint density at radius 2 is 1.96 bits per heavy atom. The van der Waals surface area contributed by atoms with Crippen LogP contribution in [-0.4, -0.2) is 29.9 Å². The van der Waals surface area contributed by atoms with E-state index >= 15 is 0 Å². The molecule has 0 saturated heterocycles. The summed E-state index contributed by atoms with van der Waals surface area (Å²) in [6, 6.07) is 9.27. The molecule has 4 rings (SSSR count). The van der Waals surface area contributed by atoms with E-state index in [1.165, 1.54) is 29.3 Å². The van der Waals surface area contributed by atoms with Crippen LogP contribution in [0.5, 0.6) is 0 Å². The van der Waals surface area contributed by atoms with Crippen molar-refractivity contribution in [2.75, 3.05) is 0 Å². The first-order valence-corrected chi connectivity index (χ1v) is 7.82. The van der Waals surface area contributed by atoms with Gasteiger partial charge in [-0.2, -0.15) is 18.6 Å². The fraction of sp³-hybridized carbons (Fsp3) is 0.118. The Bertz CT molecular complexity index is 1080. The van der Waals surface area contributed by atoms with Gasteiger partial charge in [0.05, 0.1) is 0 Å². The van der Waals surface area contributed by atoms with Gasteiger partial charge < -0.3 is 4.42 Å². The number of rotatable bonds is 5. The quantitative estimate of drug-likeness (QED) is 0.534. The Hall–Kier alpha value is -3.56. The maximum atomic E-state index is 13.4. The van der Waals surface area contributed by atoms with Gasteiger partial charge in [0.1, 0.15) is 18.0 Å². The minimum absolute atomic E-state index is 0.0549. The number of benzene rings is 1. The number of hydrogen-bond acceptors (Lipinski definition) is 6. The van der Waals surface area contributed by atoms with E-state index in [1.54, 1.807) is 24.3 Å². The van der Waals surface area contributed by atoms with Gasteiger partial charge in [-0.3, -0.25) is 0 Å². The Balaban J connectivity index is 1.66. The summed E-state index contributed by atoms with van der Waals surface area (Å²) < 4.78 is 45.1. The molecule has 0 amide bonds. The summed E-state index contributed by atoms with van der Waals surface area (Å²) in [7, 11) is 0. The monoisotopic (exact) mass is 372 g/mol. The van der Waals surface area contributed by atoms with Gasteiger partial charge in [-0.15, -0.1) is 10.2 Å². The lowest BCUT2D eigenvalue weighted by atomic mass is 10.1. The van der Waals surface area contributed by atoms with E-state index in [0.717, 1.165) is 5.56 Å². The van der Waals surface area contributed by atoms with Crippen LogP contribution in [0.2, 0.25) is 0 Å². The van der Waals surface area contributed by atoms with Crippen LogP contribution in [0.3, 0.4) is 0 Å². The second-order valence-electron chi connectivity index (χ2n) is 5.54. The van der Waals surface area contributed by atoms with E-state index in [0.29, 0.717) is 23.6 Å². The van der Waals surface area contributed by atoms with Gasteiger partial charge >= 0.3 is 6.43 Å². The molecule has 27 heavy (non-hydrogen) atoms. The number of nitrogens with zero attached hydrogens (tertiary/aromatic N) is 6. The minimum atomic E-state index is -2.85. The van der Waals surface area contributed by atoms with Crippen LogP contribution in [0.1, 0.15) is 23.7 Å². The summed E-state index contributed by atoms with van der Waals surface area (Å²) in [6.45, 7) is 0. The van der Waals surface area contributed by atoms with Crippen molar-refractivity contribution in [2.45, 2.75) is 12.8 Å². The van der Waals surface area contributed by atoms with Gasteiger partial charge in [0, 0.05) is 18.2 Å². The van der Waals surface area contributed by atoms with Gasteiger partial charge in [-0.05, 0) is 29.8 Å². The summed E-state index contributed by atoms with van der Waals surface area (Å²) in [6.07, 6.45) is 0.301. The molecule has 0 unspecified atom stereocenters. The number of hydrogen-bond donors (Lipinski definition) is 0. The maximum Gasteiger partial charge on any atom is 0.314 e. The summed E-state index contributed by atoms with van der Waals surface area (Å²) in [4.78, 5) is 8.40. The van der Waals surface area contributed by atoms with Crippen LogP contribution in [0.4, 0.5) is 13.2 Å². The number of aromatic nitrogens is 6. The highest BCUT2D eigenvalue weighted by atomic mass is 19.3. The van der Waals surface area contributed by atoms with Crippen LogP contribution in [0.15, 0.2) is 53.3 Å². The van der Waals surface area contributed by atoms with Gasteiger partial charge in [0.2, 0.25) is 5.89 Å². The zero-order valence-electron chi connectivity index (χ0n) is 13.6. The third-order valence-electron chi connectivity index (χ3n) is 3.71. The van der Waals surface area contributed by atoms with Crippen molar-refractivity contribution >= 4 is 0 Å². The van der Waals surface area contributed by atoms with E-state index in [4.69, 9.17) is 4.42 Å². The summed E-state index contributed by atoms with van der Waals surface area (Å²) >= 11 is 0. The lowest BCUT2D eigenvalue weighted by molar-refractivity contribution is 0.116. The maximum absolute atomic E-state index is 13.4. The summed E-state index contributed by atoms with van der Waals surface area (Å²) in [5.41, 5.74) is 1.13. The lowest BCUT2D eigenvalue weighted by Crippen LogP contribution is -2.06. The molecule has 7 nitrogen and oxygen atoms in total. The molecule has 0 atom stereocenters. The molecule has 0 bridgehead atoms. The van der Waals surface area contributed by atoms with E-state index < -0.39 is 12.3 Å². The molecule has 0 saturated carbocycles. The summed E-state index contributed by atoms with van der Waals surface area (Å²) in [5.74, 6) is -0.237. The lowest BCUT2D eigenvalue weighted by Gasteiger charge is -2.06. The topological polar surface area (TPSA) is 82.5 Å². The molecular formula is C17H11F3N6O. The fourth-order valence-corrected chi connectivity index (χ4v) is 2.51. The van der Waals surface area contributed by atoms with E-state index in [-0.39, 0.29) is 11.7 Å². The molecule has 1 aromatic carbocycles. The van der Waals surface area contributed by atoms with Crippen molar-refractivity contribution in [1.82, 2.24) is 29.9 Å². The predicted molar refractivity (Wildman–Crippen MR) is 86.6 cm³/mol. The number of alkyl halides is 2. The third-order valence-corrected chi connectivity index (χ3v) is 3.71. The second-order valence-corrected chi connectivity index (χ2v) is 5.54.